The van der Waals surface area contributed by atoms with Crippen molar-refractivity contribution >= 4 is 16.8 Å². The number of aromatic nitrogens is 3. The highest BCUT2D eigenvalue weighted by atomic mass is 16.5. The van der Waals surface area contributed by atoms with Crippen LogP contribution in [0.3, 0.4) is 0 Å². The van der Waals surface area contributed by atoms with Gasteiger partial charge in [-0.25, -0.2) is 0 Å². The molecule has 0 atom stereocenters. The van der Waals surface area contributed by atoms with Crippen molar-refractivity contribution in [2.45, 2.75) is 19.9 Å². The number of carbonyl (C=O) groups excluding carboxylic acids is 1. The van der Waals surface area contributed by atoms with E-state index in [2.05, 4.69) is 20.4 Å². The van der Waals surface area contributed by atoms with Crippen LogP contribution >= 0.6 is 0 Å². The highest BCUT2D eigenvalue weighted by Crippen LogP contribution is 2.29. The van der Waals surface area contributed by atoms with E-state index in [4.69, 9.17) is 9.15 Å². The van der Waals surface area contributed by atoms with Crippen molar-refractivity contribution in [3.05, 3.63) is 36.4 Å². The summed E-state index contributed by atoms with van der Waals surface area (Å²) in [6.07, 6.45) is 2.61. The smallest absolute Gasteiger partial charge is 0.249 e. The lowest BCUT2D eigenvalue weighted by Gasteiger charge is -2.26. The van der Waals surface area contributed by atoms with Gasteiger partial charge in [0.15, 0.2) is 0 Å². The van der Waals surface area contributed by atoms with E-state index in [1.54, 1.807) is 0 Å². The first kappa shape index (κ1) is 18.6. The molecule has 28 heavy (non-hydrogen) atoms. The lowest BCUT2D eigenvalue weighted by atomic mass is 10.2. The van der Waals surface area contributed by atoms with Gasteiger partial charge in [-0.05, 0) is 6.07 Å². The summed E-state index contributed by atoms with van der Waals surface area (Å²) in [6.45, 7) is 7.07. The van der Waals surface area contributed by atoms with E-state index in [-0.39, 0.29) is 12.5 Å². The highest BCUT2D eigenvalue weighted by molar-refractivity contribution is 5.94. The van der Waals surface area contributed by atoms with Gasteiger partial charge in [0, 0.05) is 49.7 Å². The number of fused-ring (bicyclic) bond motifs is 1. The Kier molecular flexibility index (Phi) is 5.68. The monoisotopic (exact) mass is 383 g/mol. The van der Waals surface area contributed by atoms with Crippen molar-refractivity contribution < 1.29 is 13.9 Å². The summed E-state index contributed by atoms with van der Waals surface area (Å²) in [5.41, 5.74) is 1.82. The minimum Gasteiger partial charge on any atom is -0.421 e. The summed E-state index contributed by atoms with van der Waals surface area (Å²) in [5.74, 6) is 1.08. The van der Waals surface area contributed by atoms with Crippen LogP contribution in [0.15, 0.2) is 34.9 Å². The molecular formula is C20H25N5O3. The second-order valence-electron chi connectivity index (χ2n) is 6.85. The zero-order valence-corrected chi connectivity index (χ0v) is 16.1. The fourth-order valence-electron chi connectivity index (χ4n) is 3.44. The highest BCUT2D eigenvalue weighted by Gasteiger charge is 2.17. The van der Waals surface area contributed by atoms with Crippen LogP contribution in [0.2, 0.25) is 0 Å². The number of hydrogen-bond acceptors (Lipinski definition) is 6. The third kappa shape index (κ3) is 4.07. The number of hydrogen-bond donors (Lipinski definition) is 1. The van der Waals surface area contributed by atoms with E-state index >= 15 is 0 Å². The first-order valence-electron chi connectivity index (χ1n) is 9.72. The predicted octanol–water partition coefficient (Wildman–Crippen LogP) is 1.70. The molecule has 0 radical (unpaired) electrons. The quantitative estimate of drug-likeness (QED) is 0.668. The number of carbonyl (C=O) groups is 1. The average molecular weight is 383 g/mol. The molecule has 0 bridgehead atoms. The maximum absolute atomic E-state index is 12.5. The van der Waals surface area contributed by atoms with E-state index in [9.17, 15) is 4.79 Å². The maximum Gasteiger partial charge on any atom is 0.249 e. The average Bonchev–Trinajstić information content (AvgIpc) is 3.34. The first-order chi connectivity index (χ1) is 13.7. The fraction of sp³-hybridized carbons (Fsp3) is 0.450. The summed E-state index contributed by atoms with van der Waals surface area (Å²) >= 11 is 0. The third-order valence-electron chi connectivity index (χ3n) is 4.96. The van der Waals surface area contributed by atoms with Gasteiger partial charge in [-0.1, -0.05) is 25.1 Å². The lowest BCUT2D eigenvalue weighted by molar-refractivity contribution is -0.121. The Labute approximate surface area is 163 Å². The molecular weight excluding hydrogens is 358 g/mol. The largest absolute Gasteiger partial charge is 0.421 e. The van der Waals surface area contributed by atoms with Crippen LogP contribution in [-0.4, -0.2) is 65.0 Å². The molecule has 0 unspecified atom stereocenters. The standard InChI is InChI=1S/C20H25N5O3/c1-2-19-22-23-20(28-19)16-13-25(17-6-4-3-5-15(16)17)14-18(26)21-7-8-24-9-11-27-12-10-24/h3-6,13H,2,7-12,14H2,1H3,(H,21,26). The van der Waals surface area contributed by atoms with Gasteiger partial charge < -0.3 is 19.0 Å². The summed E-state index contributed by atoms with van der Waals surface area (Å²) in [4.78, 5) is 14.8. The van der Waals surface area contributed by atoms with Crippen LogP contribution in [0.5, 0.6) is 0 Å². The van der Waals surface area contributed by atoms with E-state index in [1.165, 1.54) is 0 Å². The van der Waals surface area contributed by atoms with Crippen molar-refractivity contribution in [2.24, 2.45) is 0 Å². The Morgan fingerprint density at radius 1 is 1.21 bits per heavy atom. The van der Waals surface area contributed by atoms with Gasteiger partial charge >= 0.3 is 0 Å². The number of benzene rings is 1. The Morgan fingerprint density at radius 2 is 2.04 bits per heavy atom. The molecule has 8 heteroatoms. The molecule has 3 aromatic rings. The number of aryl methyl sites for hydroxylation is 1. The molecule has 1 fully saturated rings. The minimum absolute atomic E-state index is 0.0136. The van der Waals surface area contributed by atoms with Gasteiger partial charge in [0.2, 0.25) is 17.7 Å². The van der Waals surface area contributed by atoms with Gasteiger partial charge in [0.25, 0.3) is 0 Å². The maximum atomic E-state index is 12.5. The Hall–Kier alpha value is -2.71. The van der Waals surface area contributed by atoms with E-state index < -0.39 is 0 Å². The second kappa shape index (κ2) is 8.53. The molecule has 1 saturated heterocycles. The predicted molar refractivity (Wildman–Crippen MR) is 105 cm³/mol. The van der Waals surface area contributed by atoms with Crippen LogP contribution in [0, 0.1) is 0 Å². The van der Waals surface area contributed by atoms with Gasteiger partial charge in [-0.3, -0.25) is 9.69 Å². The molecule has 0 saturated carbocycles. The summed E-state index contributed by atoms with van der Waals surface area (Å²) in [5, 5.41) is 12.2. The number of nitrogens with one attached hydrogen (secondary N) is 1. The summed E-state index contributed by atoms with van der Waals surface area (Å²) < 4.78 is 13.0. The number of morpholine rings is 1. The molecule has 8 nitrogen and oxygen atoms in total. The molecule has 148 valence electrons. The Balaban J connectivity index is 1.45. The number of nitrogens with zero attached hydrogens (tertiary/aromatic N) is 4. The van der Waals surface area contributed by atoms with Crippen LogP contribution < -0.4 is 5.32 Å². The van der Waals surface area contributed by atoms with Gasteiger partial charge in [0.05, 0.1) is 18.8 Å². The molecule has 2 aromatic heterocycles. The van der Waals surface area contributed by atoms with Gasteiger partial charge in [-0.15, -0.1) is 10.2 Å². The van der Waals surface area contributed by atoms with Gasteiger partial charge in [0.1, 0.15) is 6.54 Å². The number of amides is 1. The zero-order chi connectivity index (χ0) is 19.3. The summed E-state index contributed by atoms with van der Waals surface area (Å²) in [6, 6.07) is 7.93. The van der Waals surface area contributed by atoms with Crippen molar-refractivity contribution in [1.29, 1.82) is 0 Å². The Morgan fingerprint density at radius 3 is 2.82 bits per heavy atom. The molecule has 1 aliphatic rings. The number of rotatable bonds is 7. The van der Waals surface area contributed by atoms with Crippen LogP contribution in [0.4, 0.5) is 0 Å². The van der Waals surface area contributed by atoms with Crippen molar-refractivity contribution in [2.75, 3.05) is 39.4 Å². The fourth-order valence-corrected chi connectivity index (χ4v) is 3.44. The van der Waals surface area contributed by atoms with E-state index in [1.807, 2.05) is 42.0 Å². The molecule has 0 aliphatic carbocycles. The van der Waals surface area contributed by atoms with E-state index in [0.29, 0.717) is 24.7 Å². The normalized spacial score (nSPS) is 15.2. The number of ether oxygens (including phenoxy) is 1. The minimum atomic E-state index is -0.0136. The molecule has 1 N–H and O–H groups in total. The topological polar surface area (TPSA) is 85.4 Å². The van der Waals surface area contributed by atoms with Crippen molar-refractivity contribution in [3.63, 3.8) is 0 Å². The van der Waals surface area contributed by atoms with Crippen molar-refractivity contribution in [3.8, 4) is 11.5 Å². The van der Waals surface area contributed by atoms with Gasteiger partial charge in [-0.2, -0.15) is 0 Å². The van der Waals surface area contributed by atoms with Crippen LogP contribution in [0.1, 0.15) is 12.8 Å². The molecule has 1 aliphatic heterocycles. The molecule has 3 heterocycles. The molecule has 4 rings (SSSR count). The second-order valence-corrected chi connectivity index (χ2v) is 6.85. The molecule has 1 amide bonds. The zero-order valence-electron chi connectivity index (χ0n) is 16.1. The first-order valence-corrected chi connectivity index (χ1v) is 9.72. The summed E-state index contributed by atoms with van der Waals surface area (Å²) in [7, 11) is 0. The molecule has 1 aromatic carbocycles. The van der Waals surface area contributed by atoms with Crippen LogP contribution in [0.25, 0.3) is 22.4 Å². The number of para-hydroxylation sites is 1. The van der Waals surface area contributed by atoms with Crippen molar-refractivity contribution in [1.82, 2.24) is 25.0 Å². The third-order valence-corrected chi connectivity index (χ3v) is 4.96. The SMILES string of the molecule is CCc1nnc(-c2cn(CC(=O)NCCN3CCOCC3)c3ccccc23)o1. The lowest BCUT2D eigenvalue weighted by Crippen LogP contribution is -2.41. The van der Waals surface area contributed by atoms with Crippen LogP contribution in [-0.2, 0) is 22.5 Å². The van der Waals surface area contributed by atoms with E-state index in [0.717, 1.165) is 49.3 Å². The Bertz CT molecular complexity index is 942. The molecule has 0 spiro atoms.